The Kier molecular flexibility index (Phi) is 3.88. The van der Waals surface area contributed by atoms with Crippen molar-refractivity contribution in [2.75, 3.05) is 36.0 Å². The van der Waals surface area contributed by atoms with Crippen molar-refractivity contribution in [2.24, 2.45) is 0 Å². The Balaban J connectivity index is 1.56. The second-order valence-electron chi connectivity index (χ2n) is 6.20. The van der Waals surface area contributed by atoms with Crippen molar-refractivity contribution in [3.05, 3.63) is 40.3 Å². The zero-order valence-electron chi connectivity index (χ0n) is 13.8. The molecule has 0 radical (unpaired) electrons. The summed E-state index contributed by atoms with van der Waals surface area (Å²) in [5, 5.41) is 8.08. The van der Waals surface area contributed by atoms with E-state index in [1.807, 2.05) is 0 Å². The first-order chi connectivity index (χ1) is 11.6. The van der Waals surface area contributed by atoms with Crippen LogP contribution in [0.5, 0.6) is 0 Å². The molecule has 0 bridgehead atoms. The molecule has 3 aromatic rings. The summed E-state index contributed by atoms with van der Waals surface area (Å²) in [5.74, 6) is 0.945. The molecule has 3 heterocycles. The summed E-state index contributed by atoms with van der Waals surface area (Å²) in [7, 11) is 0. The average Bonchev–Trinajstić information content (AvgIpc) is 2.97. The van der Waals surface area contributed by atoms with Crippen molar-refractivity contribution in [2.45, 2.75) is 13.8 Å². The number of aromatic nitrogens is 4. The maximum Gasteiger partial charge on any atom is 0.187 e. The third-order valence-corrected chi connectivity index (χ3v) is 5.13. The largest absolute Gasteiger partial charge is 0.368 e. The van der Waals surface area contributed by atoms with Crippen LogP contribution in [0.3, 0.4) is 0 Å². The summed E-state index contributed by atoms with van der Waals surface area (Å²) in [6.07, 6.45) is 1.58. The Morgan fingerprint density at radius 1 is 1.04 bits per heavy atom. The molecule has 0 amide bonds. The number of hydrogen-bond acceptors (Lipinski definition) is 5. The van der Waals surface area contributed by atoms with E-state index in [1.54, 1.807) is 6.33 Å². The van der Waals surface area contributed by atoms with Gasteiger partial charge >= 0.3 is 0 Å². The molecule has 0 spiro atoms. The molecule has 0 aliphatic carbocycles. The average molecular weight is 387 g/mol. The number of nitrogens with zero attached hydrogens (tertiary/aromatic N) is 5. The number of H-pyrrole nitrogens is 1. The van der Waals surface area contributed by atoms with Gasteiger partial charge in [0.1, 0.15) is 16.7 Å². The van der Waals surface area contributed by atoms with Gasteiger partial charge in [0.05, 0.1) is 5.39 Å². The van der Waals surface area contributed by atoms with E-state index in [4.69, 9.17) is 0 Å². The highest BCUT2D eigenvalue weighted by Crippen LogP contribution is 2.30. The molecule has 2 aromatic heterocycles. The van der Waals surface area contributed by atoms with Gasteiger partial charge in [0.25, 0.3) is 0 Å². The lowest BCUT2D eigenvalue weighted by molar-refractivity contribution is 0.647. The molecule has 1 fully saturated rings. The zero-order valence-corrected chi connectivity index (χ0v) is 15.3. The van der Waals surface area contributed by atoms with Gasteiger partial charge in [0.15, 0.2) is 5.65 Å². The van der Waals surface area contributed by atoms with Gasteiger partial charge in [-0.1, -0.05) is 17.7 Å². The van der Waals surface area contributed by atoms with Crippen molar-refractivity contribution < 1.29 is 0 Å². The van der Waals surface area contributed by atoms with Crippen LogP contribution in [0.25, 0.3) is 11.0 Å². The van der Waals surface area contributed by atoms with E-state index in [0.29, 0.717) is 5.65 Å². The summed E-state index contributed by atoms with van der Waals surface area (Å²) < 4.78 is 0.838. The van der Waals surface area contributed by atoms with E-state index in [2.05, 4.69) is 77.9 Å². The van der Waals surface area contributed by atoms with Crippen LogP contribution in [0.15, 0.2) is 29.1 Å². The Hall–Kier alpha value is -2.15. The van der Waals surface area contributed by atoms with E-state index in [-0.39, 0.29) is 0 Å². The molecule has 0 saturated carbocycles. The summed E-state index contributed by atoms with van der Waals surface area (Å²) in [6, 6.07) is 6.67. The van der Waals surface area contributed by atoms with E-state index in [0.717, 1.165) is 42.0 Å². The molecule has 24 heavy (non-hydrogen) atoms. The van der Waals surface area contributed by atoms with Crippen LogP contribution in [-0.4, -0.2) is 46.3 Å². The molecule has 7 heteroatoms. The maximum absolute atomic E-state index is 4.50. The van der Waals surface area contributed by atoms with Gasteiger partial charge in [-0.05, 0) is 41.4 Å². The third kappa shape index (κ3) is 2.62. The normalized spacial score (nSPS) is 15.3. The van der Waals surface area contributed by atoms with Gasteiger partial charge in [-0.15, -0.1) is 0 Å². The van der Waals surface area contributed by atoms with E-state index in [1.165, 1.54) is 16.8 Å². The Bertz CT molecular complexity index is 882. The van der Waals surface area contributed by atoms with Crippen LogP contribution in [-0.2, 0) is 0 Å². The summed E-state index contributed by atoms with van der Waals surface area (Å²) >= 11 is 3.51. The van der Waals surface area contributed by atoms with Gasteiger partial charge in [-0.25, -0.2) is 9.97 Å². The van der Waals surface area contributed by atoms with Crippen molar-refractivity contribution in [3.8, 4) is 0 Å². The van der Waals surface area contributed by atoms with Crippen LogP contribution < -0.4 is 9.80 Å². The highest BCUT2D eigenvalue weighted by molar-refractivity contribution is 9.10. The third-order valence-electron chi connectivity index (χ3n) is 4.56. The number of aryl methyl sites for hydroxylation is 2. The monoisotopic (exact) mass is 386 g/mol. The van der Waals surface area contributed by atoms with Crippen molar-refractivity contribution >= 4 is 38.5 Å². The number of aromatic amines is 1. The fraction of sp³-hybridized carbons (Fsp3) is 0.353. The zero-order chi connectivity index (χ0) is 16.7. The van der Waals surface area contributed by atoms with Crippen LogP contribution in [0, 0.1) is 13.8 Å². The van der Waals surface area contributed by atoms with Crippen molar-refractivity contribution in [1.29, 1.82) is 0 Å². The van der Waals surface area contributed by atoms with Gasteiger partial charge in [-0.2, -0.15) is 5.10 Å². The molecule has 1 N–H and O–H groups in total. The molecule has 0 unspecified atom stereocenters. The van der Waals surface area contributed by atoms with Crippen LogP contribution in [0.1, 0.15) is 11.1 Å². The molecule has 1 aromatic carbocycles. The number of rotatable bonds is 2. The SMILES string of the molecule is Cc1ccc(N2CCN(c3ncnc4n[nH]c(Br)c34)CC2)c(C)c1. The van der Waals surface area contributed by atoms with E-state index < -0.39 is 0 Å². The maximum atomic E-state index is 4.50. The molecule has 1 aliphatic rings. The fourth-order valence-corrected chi connectivity index (χ4v) is 3.81. The molecule has 0 atom stereocenters. The first-order valence-corrected chi connectivity index (χ1v) is 8.84. The number of hydrogen-bond donors (Lipinski definition) is 1. The Morgan fingerprint density at radius 2 is 1.79 bits per heavy atom. The van der Waals surface area contributed by atoms with Gasteiger partial charge in [-0.3, -0.25) is 5.10 Å². The molecule has 1 saturated heterocycles. The van der Waals surface area contributed by atoms with E-state index in [9.17, 15) is 0 Å². The highest BCUT2D eigenvalue weighted by Gasteiger charge is 2.22. The predicted octanol–water partition coefficient (Wildman–Crippen LogP) is 3.06. The lowest BCUT2D eigenvalue weighted by Gasteiger charge is -2.37. The number of nitrogens with one attached hydrogen (secondary N) is 1. The first kappa shape index (κ1) is 15.4. The van der Waals surface area contributed by atoms with Crippen LogP contribution in [0.2, 0.25) is 0 Å². The molecule has 4 rings (SSSR count). The number of anilines is 2. The number of fused-ring (bicyclic) bond motifs is 1. The minimum atomic E-state index is 0.698. The molecule has 6 nitrogen and oxygen atoms in total. The smallest absolute Gasteiger partial charge is 0.187 e. The standard InChI is InChI=1S/C17H19BrN6/c1-11-3-4-13(12(2)9-11)23-5-7-24(8-6-23)17-14-15(18)21-22-16(14)19-10-20-17/h3-4,9-10H,5-8H2,1-2H3,(H,19,20,21,22). The molecular weight excluding hydrogens is 368 g/mol. The number of benzene rings is 1. The lowest BCUT2D eigenvalue weighted by atomic mass is 10.1. The quantitative estimate of drug-likeness (QED) is 0.733. The van der Waals surface area contributed by atoms with E-state index >= 15 is 0 Å². The number of piperazine rings is 1. The second-order valence-corrected chi connectivity index (χ2v) is 6.99. The molecule has 1 aliphatic heterocycles. The molecular formula is C17H19BrN6. The highest BCUT2D eigenvalue weighted by atomic mass is 79.9. The first-order valence-electron chi connectivity index (χ1n) is 8.05. The topological polar surface area (TPSA) is 60.9 Å². The summed E-state index contributed by atoms with van der Waals surface area (Å²) in [6.45, 7) is 8.13. The Labute approximate surface area is 149 Å². The summed E-state index contributed by atoms with van der Waals surface area (Å²) in [5.41, 5.74) is 4.68. The van der Waals surface area contributed by atoms with Crippen LogP contribution in [0.4, 0.5) is 11.5 Å². The summed E-state index contributed by atoms with van der Waals surface area (Å²) in [4.78, 5) is 13.5. The van der Waals surface area contributed by atoms with Gasteiger partial charge in [0, 0.05) is 31.9 Å². The van der Waals surface area contributed by atoms with Gasteiger partial charge in [0.2, 0.25) is 0 Å². The van der Waals surface area contributed by atoms with Gasteiger partial charge < -0.3 is 9.80 Å². The number of halogens is 1. The van der Waals surface area contributed by atoms with Crippen molar-refractivity contribution in [3.63, 3.8) is 0 Å². The van der Waals surface area contributed by atoms with Crippen LogP contribution >= 0.6 is 15.9 Å². The molecule has 124 valence electrons. The fourth-order valence-electron chi connectivity index (χ4n) is 3.37. The second kappa shape index (κ2) is 6.05. The Morgan fingerprint density at radius 3 is 2.54 bits per heavy atom. The minimum Gasteiger partial charge on any atom is -0.368 e. The predicted molar refractivity (Wildman–Crippen MR) is 99.7 cm³/mol. The van der Waals surface area contributed by atoms with Crippen molar-refractivity contribution in [1.82, 2.24) is 20.2 Å². The minimum absolute atomic E-state index is 0.698. The lowest BCUT2D eigenvalue weighted by Crippen LogP contribution is -2.47.